The SMILES string of the molecule is Cc1ccc(CC(=O)N=C2SC3CS(=O)(=O)CC3N2c2ccccc2C(F)(F)F)cc1. The van der Waals surface area contributed by atoms with Crippen LogP contribution >= 0.6 is 11.8 Å². The molecule has 0 saturated carbocycles. The van der Waals surface area contributed by atoms with Gasteiger partial charge in [0.15, 0.2) is 15.0 Å². The van der Waals surface area contributed by atoms with E-state index in [1.54, 1.807) is 12.1 Å². The Morgan fingerprint density at radius 2 is 1.81 bits per heavy atom. The van der Waals surface area contributed by atoms with Gasteiger partial charge < -0.3 is 4.90 Å². The van der Waals surface area contributed by atoms with E-state index >= 15 is 0 Å². The molecule has 5 nitrogen and oxygen atoms in total. The van der Waals surface area contributed by atoms with Crippen molar-refractivity contribution in [1.82, 2.24) is 0 Å². The number of carbonyl (C=O) groups excluding carboxylic acids is 1. The summed E-state index contributed by atoms with van der Waals surface area (Å²) < 4.78 is 65.2. The van der Waals surface area contributed by atoms with E-state index in [-0.39, 0.29) is 28.8 Å². The normalized spacial score (nSPS) is 23.9. The molecule has 2 unspecified atom stereocenters. The third-order valence-electron chi connectivity index (χ3n) is 5.23. The van der Waals surface area contributed by atoms with Crippen molar-refractivity contribution in [2.24, 2.45) is 4.99 Å². The molecule has 2 aromatic rings. The Balaban J connectivity index is 1.71. The summed E-state index contributed by atoms with van der Waals surface area (Å²) in [6, 6.07) is 11.6. The molecule has 0 aromatic heterocycles. The van der Waals surface area contributed by atoms with Gasteiger partial charge in [0.05, 0.1) is 35.2 Å². The van der Waals surface area contributed by atoms with E-state index < -0.39 is 38.8 Å². The second-order valence-corrected chi connectivity index (χ2v) is 11.0. The van der Waals surface area contributed by atoms with Crippen LogP contribution in [0.15, 0.2) is 53.5 Å². The molecular weight excluding hydrogens is 449 g/mol. The second-order valence-electron chi connectivity index (χ2n) is 7.64. The van der Waals surface area contributed by atoms with Crippen molar-refractivity contribution < 1.29 is 26.4 Å². The number of para-hydroxylation sites is 1. The summed E-state index contributed by atoms with van der Waals surface area (Å²) in [5.74, 6) is -0.927. The molecule has 4 rings (SSSR count). The lowest BCUT2D eigenvalue weighted by Crippen LogP contribution is -2.39. The lowest BCUT2D eigenvalue weighted by atomic mass is 10.1. The third kappa shape index (κ3) is 4.64. The minimum absolute atomic E-state index is 0.00668. The average molecular weight is 469 g/mol. The van der Waals surface area contributed by atoms with Gasteiger partial charge in [-0.3, -0.25) is 4.79 Å². The first-order chi connectivity index (χ1) is 14.5. The number of rotatable bonds is 3. The first-order valence-electron chi connectivity index (χ1n) is 9.53. The van der Waals surface area contributed by atoms with Crippen LogP contribution < -0.4 is 4.90 Å². The second kappa shape index (κ2) is 7.98. The van der Waals surface area contributed by atoms with Crippen LogP contribution in [-0.2, 0) is 27.2 Å². The van der Waals surface area contributed by atoms with Gasteiger partial charge in [0.2, 0.25) is 0 Å². The zero-order chi connectivity index (χ0) is 22.4. The molecule has 1 amide bonds. The Bertz CT molecular complexity index is 1150. The third-order valence-corrected chi connectivity index (χ3v) is 8.44. The minimum Gasteiger partial charge on any atom is -0.315 e. The van der Waals surface area contributed by atoms with Gasteiger partial charge in [0.1, 0.15) is 0 Å². The number of benzene rings is 2. The number of hydrogen-bond donors (Lipinski definition) is 0. The summed E-state index contributed by atoms with van der Waals surface area (Å²) in [7, 11) is -3.38. The monoisotopic (exact) mass is 468 g/mol. The number of aryl methyl sites for hydroxylation is 1. The lowest BCUT2D eigenvalue weighted by molar-refractivity contribution is -0.137. The van der Waals surface area contributed by atoms with E-state index in [0.717, 1.165) is 29.0 Å². The number of alkyl halides is 3. The largest absolute Gasteiger partial charge is 0.418 e. The first kappa shape index (κ1) is 21.9. The Kier molecular flexibility index (Phi) is 5.63. The Morgan fingerprint density at radius 3 is 2.48 bits per heavy atom. The number of amides is 1. The van der Waals surface area contributed by atoms with Crippen molar-refractivity contribution in [2.45, 2.75) is 30.8 Å². The highest BCUT2D eigenvalue weighted by atomic mass is 32.2. The quantitative estimate of drug-likeness (QED) is 0.685. The maximum Gasteiger partial charge on any atom is 0.418 e. The number of carbonyl (C=O) groups is 1. The molecular formula is C21H19F3N2O3S2. The van der Waals surface area contributed by atoms with Gasteiger partial charge in [-0.15, -0.1) is 0 Å². The summed E-state index contributed by atoms with van der Waals surface area (Å²) in [5, 5.41) is -0.365. The fourth-order valence-corrected chi connectivity index (χ4v) is 7.72. The molecule has 0 spiro atoms. The lowest BCUT2D eigenvalue weighted by Gasteiger charge is -2.27. The average Bonchev–Trinajstić information content (AvgIpc) is 3.13. The molecule has 164 valence electrons. The molecule has 2 heterocycles. The molecule has 0 N–H and O–H groups in total. The fourth-order valence-electron chi connectivity index (χ4n) is 3.80. The minimum atomic E-state index is -4.63. The van der Waals surface area contributed by atoms with Crippen LogP contribution in [0.2, 0.25) is 0 Å². The summed E-state index contributed by atoms with van der Waals surface area (Å²) in [6.07, 6.45) is -4.62. The van der Waals surface area contributed by atoms with Crippen molar-refractivity contribution in [3.05, 3.63) is 65.2 Å². The van der Waals surface area contributed by atoms with Crippen molar-refractivity contribution in [2.75, 3.05) is 16.4 Å². The number of aliphatic imine (C=N–C) groups is 1. The zero-order valence-corrected chi connectivity index (χ0v) is 18.1. The molecule has 10 heteroatoms. The molecule has 0 radical (unpaired) electrons. The van der Waals surface area contributed by atoms with Gasteiger partial charge in [0, 0.05) is 5.25 Å². The molecule has 2 aromatic carbocycles. The number of sulfone groups is 1. The molecule has 0 bridgehead atoms. The van der Waals surface area contributed by atoms with Gasteiger partial charge in [-0.05, 0) is 24.6 Å². The van der Waals surface area contributed by atoms with E-state index in [4.69, 9.17) is 0 Å². The highest BCUT2D eigenvalue weighted by molar-refractivity contribution is 8.16. The van der Waals surface area contributed by atoms with E-state index in [1.165, 1.54) is 23.1 Å². The van der Waals surface area contributed by atoms with Gasteiger partial charge in [-0.2, -0.15) is 18.2 Å². The number of amidine groups is 1. The maximum atomic E-state index is 13.6. The van der Waals surface area contributed by atoms with Crippen molar-refractivity contribution >= 4 is 38.4 Å². The molecule has 2 fully saturated rings. The number of thioether (sulfide) groups is 1. The van der Waals surface area contributed by atoms with Crippen LogP contribution in [0.4, 0.5) is 18.9 Å². The highest BCUT2D eigenvalue weighted by Gasteiger charge is 2.51. The van der Waals surface area contributed by atoms with Gasteiger partial charge >= 0.3 is 6.18 Å². The van der Waals surface area contributed by atoms with Crippen LogP contribution in [0.1, 0.15) is 16.7 Å². The van der Waals surface area contributed by atoms with Crippen molar-refractivity contribution in [1.29, 1.82) is 0 Å². The molecule has 2 saturated heterocycles. The van der Waals surface area contributed by atoms with Gasteiger partial charge in [0.25, 0.3) is 5.91 Å². The maximum absolute atomic E-state index is 13.6. The Labute approximate surface area is 182 Å². The molecule has 2 atom stereocenters. The number of hydrogen-bond acceptors (Lipinski definition) is 4. The van der Waals surface area contributed by atoms with Crippen LogP contribution in [0.5, 0.6) is 0 Å². The number of anilines is 1. The van der Waals surface area contributed by atoms with Gasteiger partial charge in [-0.1, -0.05) is 53.7 Å². The zero-order valence-electron chi connectivity index (χ0n) is 16.5. The highest BCUT2D eigenvalue weighted by Crippen LogP contribution is 2.45. The Hall–Kier alpha value is -2.33. The summed E-state index contributed by atoms with van der Waals surface area (Å²) in [6.45, 7) is 1.92. The van der Waals surface area contributed by atoms with Crippen LogP contribution in [0.3, 0.4) is 0 Å². The number of nitrogens with zero attached hydrogens (tertiary/aromatic N) is 2. The van der Waals surface area contributed by atoms with Crippen molar-refractivity contribution in [3.63, 3.8) is 0 Å². The van der Waals surface area contributed by atoms with E-state index in [1.807, 2.05) is 19.1 Å². The molecule has 2 aliphatic rings. The molecule has 2 aliphatic heterocycles. The predicted molar refractivity (Wildman–Crippen MR) is 115 cm³/mol. The topological polar surface area (TPSA) is 66.8 Å². The Morgan fingerprint density at radius 1 is 1.13 bits per heavy atom. The predicted octanol–water partition coefficient (Wildman–Crippen LogP) is 3.86. The van der Waals surface area contributed by atoms with Crippen molar-refractivity contribution in [3.8, 4) is 0 Å². The van der Waals surface area contributed by atoms with E-state index in [0.29, 0.717) is 0 Å². The first-order valence-corrected chi connectivity index (χ1v) is 12.2. The van der Waals surface area contributed by atoms with Gasteiger partial charge in [-0.25, -0.2) is 8.42 Å². The standard InChI is InChI=1S/C21H19F3N2O3S2/c1-13-6-8-14(9-7-13)10-19(27)25-20-26(17-11-31(28,29)12-18(17)30-20)16-5-3-2-4-15(16)21(22,23)24/h2-9,17-18H,10-12H2,1H3. The van der Waals surface area contributed by atoms with E-state index in [9.17, 15) is 26.4 Å². The smallest absolute Gasteiger partial charge is 0.315 e. The fraction of sp³-hybridized carbons (Fsp3) is 0.333. The van der Waals surface area contributed by atoms with Crippen LogP contribution in [0, 0.1) is 6.92 Å². The summed E-state index contributed by atoms with van der Waals surface area (Å²) >= 11 is 1.06. The molecule has 0 aliphatic carbocycles. The summed E-state index contributed by atoms with van der Waals surface area (Å²) in [4.78, 5) is 18.0. The van der Waals surface area contributed by atoms with E-state index in [2.05, 4.69) is 4.99 Å². The summed E-state index contributed by atoms with van der Waals surface area (Å²) in [5.41, 5.74) is 0.707. The van der Waals surface area contributed by atoms with Crippen LogP contribution in [0.25, 0.3) is 0 Å². The molecule has 31 heavy (non-hydrogen) atoms. The number of fused-ring (bicyclic) bond motifs is 1. The number of halogens is 3. The van der Waals surface area contributed by atoms with Crippen LogP contribution in [-0.4, -0.2) is 42.3 Å².